The Morgan fingerprint density at radius 1 is 1.04 bits per heavy atom. The molecule has 0 aliphatic heterocycles. The molecule has 0 saturated carbocycles. The number of hydrogen-bond acceptors (Lipinski definition) is 3. The fraction of sp³-hybridized carbons (Fsp3) is 0.300. The summed E-state index contributed by atoms with van der Waals surface area (Å²) in [7, 11) is 5.02. The monoisotopic (exact) mass is 500 g/mol. The van der Waals surface area contributed by atoms with Crippen LogP contribution in [-0.4, -0.2) is 44.5 Å². The summed E-state index contributed by atoms with van der Waals surface area (Å²) in [5, 5.41) is 6.19. The number of likely N-dealkylation sites (N-methyl/N-ethyl adjacent to an activating group) is 1. The van der Waals surface area contributed by atoms with Crippen molar-refractivity contribution in [3.63, 3.8) is 0 Å². The van der Waals surface area contributed by atoms with Crippen LogP contribution in [-0.2, 0) is 17.9 Å². The molecule has 0 fully saturated rings. The molecule has 2 aromatic carbocycles. The fourth-order valence-corrected chi connectivity index (χ4v) is 2.18. The number of amides is 1. The van der Waals surface area contributed by atoms with Crippen LogP contribution in [0.1, 0.15) is 11.1 Å². The van der Waals surface area contributed by atoms with Crippen LogP contribution in [0, 0.1) is 5.82 Å². The SMILES string of the molecule is COc1ccc(CN=C(NCC(=O)N(C)C)NCc2ccc(F)cc2)cc1.I. The molecule has 0 heterocycles. The number of methoxy groups -OCH3 is 1. The molecule has 0 saturated heterocycles. The molecule has 2 aromatic rings. The Hall–Kier alpha value is -2.36. The van der Waals surface area contributed by atoms with Crippen LogP contribution in [0.4, 0.5) is 4.39 Å². The minimum Gasteiger partial charge on any atom is -0.497 e. The normalized spacial score (nSPS) is 10.6. The molecular formula is C20H26FIN4O2. The molecule has 0 radical (unpaired) electrons. The molecule has 0 aliphatic rings. The topological polar surface area (TPSA) is 66.0 Å². The van der Waals surface area contributed by atoms with Crippen molar-refractivity contribution in [2.45, 2.75) is 13.1 Å². The van der Waals surface area contributed by atoms with E-state index in [1.807, 2.05) is 24.3 Å². The van der Waals surface area contributed by atoms with Gasteiger partial charge in [0.05, 0.1) is 20.2 Å². The van der Waals surface area contributed by atoms with Gasteiger partial charge < -0.3 is 20.3 Å². The fourth-order valence-electron chi connectivity index (χ4n) is 2.18. The van der Waals surface area contributed by atoms with Crippen LogP contribution in [0.15, 0.2) is 53.5 Å². The first-order valence-electron chi connectivity index (χ1n) is 8.57. The zero-order valence-electron chi connectivity index (χ0n) is 16.2. The van der Waals surface area contributed by atoms with E-state index < -0.39 is 0 Å². The van der Waals surface area contributed by atoms with Crippen LogP contribution < -0.4 is 15.4 Å². The minimum absolute atomic E-state index is 0. The van der Waals surface area contributed by atoms with Gasteiger partial charge in [-0.2, -0.15) is 0 Å². The number of nitrogens with one attached hydrogen (secondary N) is 2. The van der Waals surface area contributed by atoms with Crippen LogP contribution in [0.5, 0.6) is 5.75 Å². The number of ether oxygens (including phenoxy) is 1. The molecule has 28 heavy (non-hydrogen) atoms. The van der Waals surface area contributed by atoms with E-state index in [-0.39, 0.29) is 42.2 Å². The second-order valence-corrected chi connectivity index (χ2v) is 6.13. The van der Waals surface area contributed by atoms with Crippen molar-refractivity contribution in [2.75, 3.05) is 27.7 Å². The standard InChI is InChI=1S/C20H25FN4O2.HI/c1-25(2)19(26)14-24-20(22-12-15-4-8-17(21)9-5-15)23-13-16-6-10-18(27-3)11-7-16;/h4-11H,12-14H2,1-3H3,(H2,22,23,24);1H. The quantitative estimate of drug-likeness (QED) is 0.349. The lowest BCUT2D eigenvalue weighted by molar-refractivity contribution is -0.127. The van der Waals surface area contributed by atoms with E-state index in [2.05, 4.69) is 15.6 Å². The van der Waals surface area contributed by atoms with Crippen molar-refractivity contribution in [3.05, 3.63) is 65.5 Å². The Bertz CT molecular complexity index is 765. The third kappa shape index (κ3) is 8.12. The molecule has 8 heteroatoms. The van der Waals surface area contributed by atoms with Crippen molar-refractivity contribution in [1.29, 1.82) is 0 Å². The number of aliphatic imine (C=N–C) groups is 1. The maximum atomic E-state index is 13.0. The first-order chi connectivity index (χ1) is 13.0. The molecule has 0 spiro atoms. The van der Waals surface area contributed by atoms with Gasteiger partial charge in [0.25, 0.3) is 0 Å². The van der Waals surface area contributed by atoms with Gasteiger partial charge in [0, 0.05) is 20.6 Å². The van der Waals surface area contributed by atoms with Gasteiger partial charge in [-0.1, -0.05) is 24.3 Å². The average molecular weight is 500 g/mol. The van der Waals surface area contributed by atoms with E-state index >= 15 is 0 Å². The second-order valence-electron chi connectivity index (χ2n) is 6.13. The third-order valence-corrected chi connectivity index (χ3v) is 3.86. The van der Waals surface area contributed by atoms with E-state index in [4.69, 9.17) is 4.74 Å². The maximum Gasteiger partial charge on any atom is 0.241 e. The van der Waals surface area contributed by atoms with E-state index in [9.17, 15) is 9.18 Å². The van der Waals surface area contributed by atoms with Crippen molar-refractivity contribution in [2.24, 2.45) is 4.99 Å². The van der Waals surface area contributed by atoms with Crippen LogP contribution in [0.2, 0.25) is 0 Å². The van der Waals surface area contributed by atoms with E-state index in [0.717, 1.165) is 16.9 Å². The summed E-state index contributed by atoms with van der Waals surface area (Å²) >= 11 is 0. The minimum atomic E-state index is -0.276. The number of nitrogens with zero attached hydrogens (tertiary/aromatic N) is 2. The number of carbonyl (C=O) groups excluding carboxylic acids is 1. The van der Waals surface area contributed by atoms with Gasteiger partial charge in [-0.3, -0.25) is 4.79 Å². The van der Waals surface area contributed by atoms with Crippen LogP contribution in [0.25, 0.3) is 0 Å². The number of halogens is 2. The highest BCUT2D eigenvalue weighted by molar-refractivity contribution is 14.0. The summed E-state index contributed by atoms with van der Waals surface area (Å²) < 4.78 is 18.2. The van der Waals surface area contributed by atoms with Crippen molar-refractivity contribution < 1.29 is 13.9 Å². The average Bonchev–Trinajstić information content (AvgIpc) is 2.68. The van der Waals surface area contributed by atoms with Gasteiger partial charge in [-0.25, -0.2) is 9.38 Å². The maximum absolute atomic E-state index is 13.0. The molecule has 0 aliphatic carbocycles. The summed E-state index contributed by atoms with van der Waals surface area (Å²) in [4.78, 5) is 17.9. The summed E-state index contributed by atoms with van der Waals surface area (Å²) in [5.41, 5.74) is 1.92. The zero-order valence-corrected chi connectivity index (χ0v) is 18.6. The van der Waals surface area contributed by atoms with E-state index in [0.29, 0.717) is 19.0 Å². The molecule has 152 valence electrons. The first kappa shape index (κ1) is 23.7. The lowest BCUT2D eigenvalue weighted by Crippen LogP contribution is -2.42. The molecule has 6 nitrogen and oxygen atoms in total. The number of benzene rings is 2. The Labute approximate surface area is 182 Å². The largest absolute Gasteiger partial charge is 0.497 e. The summed E-state index contributed by atoms with van der Waals surface area (Å²) in [6, 6.07) is 13.8. The Morgan fingerprint density at radius 2 is 1.64 bits per heavy atom. The predicted octanol–water partition coefficient (Wildman–Crippen LogP) is 2.78. The summed E-state index contributed by atoms with van der Waals surface area (Å²) in [5.74, 6) is 0.954. The van der Waals surface area contributed by atoms with Crippen LogP contribution in [0.3, 0.4) is 0 Å². The lowest BCUT2D eigenvalue weighted by atomic mass is 10.2. The molecule has 2 N–H and O–H groups in total. The lowest BCUT2D eigenvalue weighted by Gasteiger charge is -2.15. The van der Waals surface area contributed by atoms with Gasteiger partial charge in [-0.15, -0.1) is 24.0 Å². The Kier molecular flexibility index (Phi) is 10.3. The predicted molar refractivity (Wildman–Crippen MR) is 119 cm³/mol. The summed E-state index contributed by atoms with van der Waals surface area (Å²) in [6.07, 6.45) is 0. The smallest absolute Gasteiger partial charge is 0.241 e. The number of carbonyl (C=O) groups is 1. The highest BCUT2D eigenvalue weighted by Gasteiger charge is 2.06. The number of hydrogen-bond donors (Lipinski definition) is 2. The highest BCUT2D eigenvalue weighted by atomic mass is 127. The molecule has 2 rings (SSSR count). The Balaban J connectivity index is 0.00000392. The van der Waals surface area contributed by atoms with Gasteiger partial charge in [0.1, 0.15) is 11.6 Å². The molecule has 0 bridgehead atoms. The molecule has 0 aromatic heterocycles. The zero-order chi connectivity index (χ0) is 19.6. The molecule has 1 amide bonds. The van der Waals surface area contributed by atoms with E-state index in [1.54, 1.807) is 33.3 Å². The first-order valence-corrected chi connectivity index (χ1v) is 8.57. The molecular weight excluding hydrogens is 474 g/mol. The van der Waals surface area contributed by atoms with Gasteiger partial charge in [-0.05, 0) is 35.4 Å². The second kappa shape index (κ2) is 12.2. The van der Waals surface area contributed by atoms with Gasteiger partial charge in [0.15, 0.2) is 5.96 Å². The van der Waals surface area contributed by atoms with Gasteiger partial charge in [0.2, 0.25) is 5.91 Å². The number of rotatable bonds is 7. The summed E-state index contributed by atoms with van der Waals surface area (Å²) in [6.45, 7) is 1.04. The highest BCUT2D eigenvalue weighted by Crippen LogP contribution is 2.11. The molecule has 0 unspecified atom stereocenters. The van der Waals surface area contributed by atoms with Crippen LogP contribution >= 0.6 is 24.0 Å². The van der Waals surface area contributed by atoms with E-state index in [1.165, 1.54) is 17.0 Å². The van der Waals surface area contributed by atoms with Gasteiger partial charge >= 0.3 is 0 Å². The molecule has 0 atom stereocenters. The van der Waals surface area contributed by atoms with Crippen molar-refractivity contribution in [1.82, 2.24) is 15.5 Å². The third-order valence-electron chi connectivity index (χ3n) is 3.86. The van der Waals surface area contributed by atoms with Crippen molar-refractivity contribution >= 4 is 35.8 Å². The van der Waals surface area contributed by atoms with Crippen molar-refractivity contribution in [3.8, 4) is 5.75 Å². The number of guanidine groups is 1. The Morgan fingerprint density at radius 3 is 2.21 bits per heavy atom.